The van der Waals surface area contributed by atoms with E-state index in [1.807, 2.05) is 6.92 Å². The minimum Gasteiger partial charge on any atom is -0.299 e. The predicted molar refractivity (Wildman–Crippen MR) is 68.6 cm³/mol. The lowest BCUT2D eigenvalue weighted by atomic mass is 9.96. The van der Waals surface area contributed by atoms with Gasteiger partial charge in [-0.3, -0.25) is 4.79 Å². The molecule has 1 fully saturated rings. The standard InChI is InChI=1S/C13H16FNO3S/c1-2-10-9-15(7-6-13(10)16)19(17,18)12-5-3-4-11(14)8-12/h3-5,8,10H,2,6-7,9H2,1H3. The van der Waals surface area contributed by atoms with Crippen molar-refractivity contribution < 1.29 is 17.6 Å². The summed E-state index contributed by atoms with van der Waals surface area (Å²) in [5.41, 5.74) is 0. The van der Waals surface area contributed by atoms with Crippen molar-refractivity contribution in [3.63, 3.8) is 0 Å². The van der Waals surface area contributed by atoms with Crippen LogP contribution in [0.25, 0.3) is 0 Å². The van der Waals surface area contributed by atoms with E-state index in [0.29, 0.717) is 6.42 Å². The molecule has 1 saturated heterocycles. The molecule has 1 aliphatic rings. The number of nitrogens with zero attached hydrogens (tertiary/aromatic N) is 1. The smallest absolute Gasteiger partial charge is 0.243 e. The fraction of sp³-hybridized carbons (Fsp3) is 0.462. The lowest BCUT2D eigenvalue weighted by Gasteiger charge is -2.30. The molecule has 0 aromatic heterocycles. The summed E-state index contributed by atoms with van der Waals surface area (Å²) in [6.45, 7) is 2.23. The number of ketones is 1. The third-order valence-electron chi connectivity index (χ3n) is 3.41. The second-order valence-electron chi connectivity index (χ2n) is 4.64. The molecule has 0 spiro atoms. The summed E-state index contributed by atoms with van der Waals surface area (Å²) in [6, 6.07) is 4.95. The highest BCUT2D eigenvalue weighted by molar-refractivity contribution is 7.89. The largest absolute Gasteiger partial charge is 0.299 e. The van der Waals surface area contributed by atoms with Gasteiger partial charge in [0.25, 0.3) is 0 Å². The highest BCUT2D eigenvalue weighted by Gasteiger charge is 2.33. The molecule has 104 valence electrons. The maximum atomic E-state index is 13.1. The molecule has 1 heterocycles. The molecule has 1 aliphatic heterocycles. The van der Waals surface area contributed by atoms with Crippen LogP contribution in [0.3, 0.4) is 0 Å². The van der Waals surface area contributed by atoms with Crippen LogP contribution >= 0.6 is 0 Å². The van der Waals surface area contributed by atoms with Gasteiger partial charge in [-0.05, 0) is 24.6 Å². The van der Waals surface area contributed by atoms with Crippen molar-refractivity contribution in [2.75, 3.05) is 13.1 Å². The second kappa shape index (κ2) is 5.38. The van der Waals surface area contributed by atoms with E-state index in [1.165, 1.54) is 22.5 Å². The molecule has 0 aliphatic carbocycles. The van der Waals surface area contributed by atoms with E-state index in [4.69, 9.17) is 0 Å². The van der Waals surface area contributed by atoms with Gasteiger partial charge in [-0.2, -0.15) is 4.31 Å². The van der Waals surface area contributed by atoms with Crippen molar-refractivity contribution >= 4 is 15.8 Å². The normalized spacial score (nSPS) is 21.6. The van der Waals surface area contributed by atoms with Crippen molar-refractivity contribution in [1.29, 1.82) is 0 Å². The number of carbonyl (C=O) groups excluding carboxylic acids is 1. The Morgan fingerprint density at radius 3 is 2.79 bits per heavy atom. The molecule has 19 heavy (non-hydrogen) atoms. The molecular weight excluding hydrogens is 269 g/mol. The van der Waals surface area contributed by atoms with Crippen LogP contribution in [0, 0.1) is 11.7 Å². The van der Waals surface area contributed by atoms with Gasteiger partial charge in [0.05, 0.1) is 4.90 Å². The lowest BCUT2D eigenvalue weighted by molar-refractivity contribution is -0.125. The number of hydrogen-bond acceptors (Lipinski definition) is 3. The molecule has 6 heteroatoms. The number of halogens is 1. The van der Waals surface area contributed by atoms with Crippen molar-refractivity contribution in [1.82, 2.24) is 4.31 Å². The lowest BCUT2D eigenvalue weighted by Crippen LogP contribution is -2.43. The number of rotatable bonds is 3. The number of sulfonamides is 1. The second-order valence-corrected chi connectivity index (χ2v) is 6.58. The first-order chi connectivity index (χ1) is 8.95. The molecule has 4 nitrogen and oxygen atoms in total. The van der Waals surface area contributed by atoms with Gasteiger partial charge in [0, 0.05) is 25.4 Å². The van der Waals surface area contributed by atoms with Crippen LogP contribution in [-0.2, 0) is 14.8 Å². The molecule has 0 bridgehead atoms. The molecule has 0 radical (unpaired) electrons. The Morgan fingerprint density at radius 1 is 1.42 bits per heavy atom. The van der Waals surface area contributed by atoms with Gasteiger partial charge in [0.15, 0.2) is 0 Å². The Bertz CT molecular complexity index is 585. The predicted octanol–water partition coefficient (Wildman–Crippen LogP) is 1.82. The number of piperidine rings is 1. The average Bonchev–Trinajstić information content (AvgIpc) is 2.39. The Balaban J connectivity index is 2.28. The zero-order valence-electron chi connectivity index (χ0n) is 10.7. The summed E-state index contributed by atoms with van der Waals surface area (Å²) >= 11 is 0. The Hall–Kier alpha value is -1.27. The highest BCUT2D eigenvalue weighted by Crippen LogP contribution is 2.23. The zero-order valence-corrected chi connectivity index (χ0v) is 11.5. The van der Waals surface area contributed by atoms with Crippen molar-refractivity contribution in [2.45, 2.75) is 24.7 Å². The first-order valence-electron chi connectivity index (χ1n) is 6.23. The number of benzene rings is 1. The molecular formula is C13H16FNO3S. The maximum Gasteiger partial charge on any atom is 0.243 e. The van der Waals surface area contributed by atoms with Crippen molar-refractivity contribution in [3.05, 3.63) is 30.1 Å². The van der Waals surface area contributed by atoms with Crippen LogP contribution in [0.1, 0.15) is 19.8 Å². The van der Waals surface area contributed by atoms with Crippen LogP contribution in [0.15, 0.2) is 29.2 Å². The first-order valence-corrected chi connectivity index (χ1v) is 7.67. The molecule has 0 N–H and O–H groups in total. The average molecular weight is 285 g/mol. The van der Waals surface area contributed by atoms with Gasteiger partial charge in [-0.25, -0.2) is 12.8 Å². The summed E-state index contributed by atoms with van der Waals surface area (Å²) in [7, 11) is -3.71. The molecule has 2 rings (SSSR count). The van der Waals surface area contributed by atoms with E-state index in [2.05, 4.69) is 0 Å². The molecule has 1 unspecified atom stereocenters. The Kier molecular flexibility index (Phi) is 4.01. The fourth-order valence-corrected chi connectivity index (χ4v) is 3.75. The van der Waals surface area contributed by atoms with Crippen molar-refractivity contribution in [3.8, 4) is 0 Å². The minimum atomic E-state index is -3.71. The Morgan fingerprint density at radius 2 is 2.16 bits per heavy atom. The van der Waals surface area contributed by atoms with E-state index in [-0.39, 0.29) is 36.1 Å². The summed E-state index contributed by atoms with van der Waals surface area (Å²) in [5.74, 6) is -0.730. The van der Waals surface area contributed by atoms with E-state index in [0.717, 1.165) is 6.07 Å². The van der Waals surface area contributed by atoms with Gasteiger partial charge >= 0.3 is 0 Å². The first kappa shape index (κ1) is 14.1. The van der Waals surface area contributed by atoms with Crippen LogP contribution in [0.2, 0.25) is 0 Å². The SMILES string of the molecule is CCC1CN(S(=O)(=O)c2cccc(F)c2)CCC1=O. The third kappa shape index (κ3) is 2.84. The van der Waals surface area contributed by atoms with E-state index < -0.39 is 15.8 Å². The molecule has 1 atom stereocenters. The van der Waals surface area contributed by atoms with Gasteiger partial charge in [0.1, 0.15) is 11.6 Å². The van der Waals surface area contributed by atoms with Gasteiger partial charge in [-0.15, -0.1) is 0 Å². The summed E-state index contributed by atoms with van der Waals surface area (Å²) < 4.78 is 39.1. The van der Waals surface area contributed by atoms with E-state index >= 15 is 0 Å². The van der Waals surface area contributed by atoms with Crippen molar-refractivity contribution in [2.24, 2.45) is 5.92 Å². The third-order valence-corrected chi connectivity index (χ3v) is 5.27. The quantitative estimate of drug-likeness (QED) is 0.851. The number of Topliss-reactive ketones (excluding diaryl/α,β-unsaturated/α-hetero) is 1. The minimum absolute atomic E-state index is 0.0586. The summed E-state index contributed by atoms with van der Waals surface area (Å²) in [5, 5.41) is 0. The van der Waals surface area contributed by atoms with Crippen LogP contribution in [-0.4, -0.2) is 31.6 Å². The Labute approximate surface area is 112 Å². The monoisotopic (exact) mass is 285 g/mol. The van der Waals surface area contributed by atoms with E-state index in [9.17, 15) is 17.6 Å². The summed E-state index contributed by atoms with van der Waals surface area (Å²) in [4.78, 5) is 11.5. The fourth-order valence-electron chi connectivity index (χ4n) is 2.23. The van der Waals surface area contributed by atoms with Gasteiger partial charge in [-0.1, -0.05) is 13.0 Å². The highest BCUT2D eigenvalue weighted by atomic mass is 32.2. The molecule has 1 aromatic carbocycles. The molecule has 1 aromatic rings. The van der Waals surface area contributed by atoms with Gasteiger partial charge < -0.3 is 0 Å². The van der Waals surface area contributed by atoms with E-state index in [1.54, 1.807) is 0 Å². The van der Waals surface area contributed by atoms with Gasteiger partial charge in [0.2, 0.25) is 10.0 Å². The summed E-state index contributed by atoms with van der Waals surface area (Å²) in [6.07, 6.45) is 0.848. The number of carbonyl (C=O) groups is 1. The molecule has 0 saturated carbocycles. The zero-order chi connectivity index (χ0) is 14.0. The van der Waals surface area contributed by atoms with Crippen LogP contribution < -0.4 is 0 Å². The molecule has 0 amide bonds. The van der Waals surface area contributed by atoms with Crippen LogP contribution in [0.5, 0.6) is 0 Å². The number of hydrogen-bond donors (Lipinski definition) is 0. The van der Waals surface area contributed by atoms with Crippen LogP contribution in [0.4, 0.5) is 4.39 Å². The topological polar surface area (TPSA) is 54.5 Å². The maximum absolute atomic E-state index is 13.1.